The third-order valence-corrected chi connectivity index (χ3v) is 13.7. The Morgan fingerprint density at radius 1 is 0.774 bits per heavy atom. The Kier molecular flexibility index (Phi) is 21.2. The molecular weight excluding hydrogens is 816 g/mol. The Bertz CT molecular complexity index is 1740. The summed E-state index contributed by atoms with van der Waals surface area (Å²) in [5.74, 6) is -1.95. The molecule has 342 valence electrons. The second kappa shape index (κ2) is 25.4. The maximum absolute atomic E-state index is 14.1. The molecule has 1 aliphatic rings. The molecular formula is C45H68N6O10P+. The largest absolute Gasteiger partial charge is 0.460 e. The van der Waals surface area contributed by atoms with Crippen molar-refractivity contribution in [1.29, 1.82) is 0 Å². The summed E-state index contributed by atoms with van der Waals surface area (Å²) < 4.78 is 34.1. The van der Waals surface area contributed by atoms with E-state index < -0.39 is 56.0 Å². The van der Waals surface area contributed by atoms with Crippen molar-refractivity contribution in [2.45, 2.75) is 130 Å². The van der Waals surface area contributed by atoms with Crippen molar-refractivity contribution in [3.05, 3.63) is 91.0 Å². The van der Waals surface area contributed by atoms with Gasteiger partial charge in [0.1, 0.15) is 50.3 Å². The highest BCUT2D eigenvalue weighted by Gasteiger charge is 2.61. The Morgan fingerprint density at radius 3 is 1.94 bits per heavy atom. The Labute approximate surface area is 368 Å². The fraction of sp³-hybridized carbons (Fsp3) is 0.533. The number of carbonyl (C=O) groups is 5. The fourth-order valence-electron chi connectivity index (χ4n) is 7.25. The zero-order chi connectivity index (χ0) is 46.0. The zero-order valence-corrected chi connectivity index (χ0v) is 38.7. The molecule has 3 atom stereocenters. The Morgan fingerprint density at radius 2 is 1.37 bits per heavy atom. The third-order valence-electron chi connectivity index (χ3n) is 9.67. The first-order valence-electron chi connectivity index (χ1n) is 21.2. The lowest BCUT2D eigenvalue weighted by atomic mass is 10.1. The number of hydrazine groups is 1. The summed E-state index contributed by atoms with van der Waals surface area (Å²) in [4.78, 5) is 66.3. The smallest absolute Gasteiger partial charge is 0.437 e. The molecule has 16 nitrogen and oxygen atoms in total. The van der Waals surface area contributed by atoms with E-state index in [0.29, 0.717) is 30.7 Å². The van der Waals surface area contributed by atoms with Gasteiger partial charge in [0.05, 0.1) is 6.42 Å². The number of rotatable bonds is 25. The average molecular weight is 884 g/mol. The van der Waals surface area contributed by atoms with Crippen molar-refractivity contribution in [1.82, 2.24) is 30.4 Å². The first-order chi connectivity index (χ1) is 29.4. The van der Waals surface area contributed by atoms with E-state index in [9.17, 15) is 24.0 Å². The van der Waals surface area contributed by atoms with Gasteiger partial charge in [-0.15, -0.1) is 15.9 Å². The highest BCUT2D eigenvalue weighted by Crippen LogP contribution is 2.70. The number of amides is 3. The molecule has 0 aromatic heterocycles. The van der Waals surface area contributed by atoms with Crippen molar-refractivity contribution in [2.75, 3.05) is 26.4 Å². The molecule has 1 heterocycles. The van der Waals surface area contributed by atoms with Crippen LogP contribution in [0.2, 0.25) is 0 Å². The number of carbonyl (C=O) groups excluding carboxylic acids is 5. The number of esters is 2. The Balaban J connectivity index is 1.79. The van der Waals surface area contributed by atoms with Gasteiger partial charge in [-0.1, -0.05) is 61.2 Å². The van der Waals surface area contributed by atoms with E-state index in [4.69, 9.17) is 23.3 Å². The molecule has 0 unspecified atom stereocenters. The van der Waals surface area contributed by atoms with E-state index in [1.165, 1.54) is 18.0 Å². The maximum atomic E-state index is 14.1. The summed E-state index contributed by atoms with van der Waals surface area (Å²) >= 11 is 0. The molecule has 1 saturated heterocycles. The minimum absolute atomic E-state index is 0.0393. The minimum Gasteiger partial charge on any atom is -0.460 e. The summed E-state index contributed by atoms with van der Waals surface area (Å²) in [6, 6.07) is 12.4. The van der Waals surface area contributed by atoms with Gasteiger partial charge < -0.3 is 24.8 Å². The molecule has 17 heteroatoms. The molecule has 2 aromatic rings. The molecule has 0 saturated carbocycles. The van der Waals surface area contributed by atoms with Gasteiger partial charge in [-0.05, 0) is 98.4 Å². The van der Waals surface area contributed by atoms with E-state index >= 15 is 0 Å². The van der Waals surface area contributed by atoms with Crippen LogP contribution in [-0.2, 0) is 50.7 Å². The van der Waals surface area contributed by atoms with Crippen LogP contribution in [0, 0.1) is 0 Å². The van der Waals surface area contributed by atoms with Crippen LogP contribution in [-0.4, -0.2) is 113 Å². The molecule has 3 amide bonds. The number of benzene rings is 2. The molecule has 62 heavy (non-hydrogen) atoms. The summed E-state index contributed by atoms with van der Waals surface area (Å²) in [5.41, 5.74) is 4.16. The number of nitrogens with zero attached hydrogens (tertiary/aromatic N) is 3. The Hall–Kier alpha value is -4.70. The van der Waals surface area contributed by atoms with Crippen molar-refractivity contribution in [3.63, 3.8) is 0 Å². The van der Waals surface area contributed by atoms with Crippen LogP contribution in [0.1, 0.15) is 86.3 Å². The molecule has 0 bridgehead atoms. The van der Waals surface area contributed by atoms with Crippen LogP contribution in [0.5, 0.6) is 5.75 Å². The van der Waals surface area contributed by atoms with Gasteiger partial charge in [0.2, 0.25) is 11.8 Å². The number of hydrogen-bond acceptors (Lipinski definition) is 13. The minimum atomic E-state index is -3.22. The monoisotopic (exact) mass is 883 g/mol. The van der Waals surface area contributed by atoms with Crippen LogP contribution in [0.3, 0.4) is 0 Å². The van der Waals surface area contributed by atoms with Crippen molar-refractivity contribution in [3.8, 4) is 5.75 Å². The van der Waals surface area contributed by atoms with Crippen LogP contribution in [0.15, 0.2) is 79.9 Å². The quantitative estimate of drug-likeness (QED) is 0.0439. The van der Waals surface area contributed by atoms with Gasteiger partial charge in [-0.2, -0.15) is 9.05 Å². The summed E-state index contributed by atoms with van der Waals surface area (Å²) in [7, 11) is -3.22. The molecule has 0 aliphatic carbocycles. The van der Waals surface area contributed by atoms with E-state index in [1.807, 2.05) is 85.7 Å². The van der Waals surface area contributed by atoms with E-state index in [2.05, 4.69) is 38.6 Å². The molecule has 3 rings (SSSR count). The molecule has 0 spiro atoms. The van der Waals surface area contributed by atoms with Gasteiger partial charge in [0.25, 0.3) is 0 Å². The molecule has 1 fully saturated rings. The fourth-order valence-corrected chi connectivity index (χ4v) is 11.1. The van der Waals surface area contributed by atoms with E-state index in [-0.39, 0.29) is 57.0 Å². The average Bonchev–Trinajstić information content (AvgIpc) is 3.68. The lowest BCUT2D eigenvalue weighted by Crippen LogP contribution is -2.58. The van der Waals surface area contributed by atoms with Crippen LogP contribution >= 0.6 is 8.02 Å². The topological polar surface area (TPSA) is 177 Å². The van der Waals surface area contributed by atoms with Gasteiger partial charge in [-0.3, -0.25) is 19.8 Å². The molecule has 1 aliphatic heterocycles. The van der Waals surface area contributed by atoms with Crippen LogP contribution in [0.25, 0.3) is 0 Å². The normalized spacial score (nSPS) is 15.4. The van der Waals surface area contributed by atoms with Crippen molar-refractivity contribution < 1.29 is 47.2 Å². The summed E-state index contributed by atoms with van der Waals surface area (Å²) in [5, 5.41) is 7.00. The maximum Gasteiger partial charge on any atom is 0.437 e. The van der Waals surface area contributed by atoms with Crippen LogP contribution < -0.4 is 20.8 Å². The molecule has 2 aromatic carbocycles. The number of nitrogens with one attached hydrogen (secondary N) is 3. The number of hydrogen-bond donors (Lipinski definition) is 3. The molecule has 0 radical (unpaired) electrons. The summed E-state index contributed by atoms with van der Waals surface area (Å²) in [6.07, 6.45) is 3.36. The lowest BCUT2D eigenvalue weighted by molar-refractivity contribution is -0.146. The van der Waals surface area contributed by atoms with Gasteiger partial charge in [0, 0.05) is 30.7 Å². The molecule has 3 N–H and O–H groups in total. The van der Waals surface area contributed by atoms with Crippen molar-refractivity contribution in [2.24, 2.45) is 0 Å². The highest BCUT2D eigenvalue weighted by molar-refractivity contribution is 7.61. The van der Waals surface area contributed by atoms with Gasteiger partial charge >= 0.3 is 26.0 Å². The summed E-state index contributed by atoms with van der Waals surface area (Å²) in [6.45, 7) is 25.4. The first kappa shape index (κ1) is 51.6. The van der Waals surface area contributed by atoms with Gasteiger partial charge in [0.15, 0.2) is 0 Å². The standard InChI is InChI=1S/C45H67N6O10P/c1-12-26-57-44(55)35(11)46-42(53)39(30-60-62(59-27-13-2,50(31(3)4)32(5)6)51(33(7)8)34(9)10)47-43(54)40-20-17-25-49(40)48-45(56)58-29-37-21-23-38(24-22-37)61-41(52)28-36-18-15-14-16-19-36/h12-16,18-19,21-24,31-35,39-40H,1-2,17,20,25-30H2,3-11H3,(H2-,46,47,48,53,54,56)/p+1/t35-,39-,40-/m0/s1. The predicted molar refractivity (Wildman–Crippen MR) is 239 cm³/mol. The van der Waals surface area contributed by atoms with E-state index in [0.717, 1.165) is 5.56 Å². The van der Waals surface area contributed by atoms with E-state index in [1.54, 1.807) is 30.3 Å². The van der Waals surface area contributed by atoms with Crippen LogP contribution in [0.4, 0.5) is 4.79 Å². The second-order valence-electron chi connectivity index (χ2n) is 16.0. The predicted octanol–water partition coefficient (Wildman–Crippen LogP) is 6.29. The highest BCUT2D eigenvalue weighted by atomic mass is 31.2. The van der Waals surface area contributed by atoms with Crippen molar-refractivity contribution >= 4 is 37.9 Å². The zero-order valence-electron chi connectivity index (χ0n) is 37.8. The van der Waals surface area contributed by atoms with Gasteiger partial charge in [-0.25, -0.2) is 14.6 Å². The third kappa shape index (κ3) is 15.3. The first-order valence-corrected chi connectivity index (χ1v) is 22.7. The second-order valence-corrected chi connectivity index (χ2v) is 18.5. The SMILES string of the molecule is C=CCOC(=O)[C@H](C)NC(=O)[C@H](CO[P+](OCC=C)(N(C(C)C)C(C)C)N(C(C)C)C(C)C)NC(=O)[C@@H]1CCCN1NC(=O)OCc1ccc(OC(=O)Cc2ccccc2)cc1. The number of ether oxygens (including phenoxy) is 3. The lowest BCUT2D eigenvalue weighted by Gasteiger charge is -2.45.